The minimum atomic E-state index is 0.300. The van der Waals surface area contributed by atoms with Crippen molar-refractivity contribution in [3.63, 3.8) is 0 Å². The topological polar surface area (TPSA) is 23.6 Å². The van der Waals surface area contributed by atoms with Crippen LogP contribution >= 0.6 is 0 Å². The maximum absolute atomic E-state index is 12.4. The molecule has 2 heterocycles. The molecule has 2 rings (SSSR count). The van der Waals surface area contributed by atoms with Gasteiger partial charge in [0, 0.05) is 25.7 Å². The zero-order chi connectivity index (χ0) is 11.4. The normalized spacial score (nSPS) is 27.7. The Morgan fingerprint density at radius 3 is 2.19 bits per heavy atom. The highest BCUT2D eigenvalue weighted by molar-refractivity contribution is 5.74. The molecule has 3 nitrogen and oxygen atoms in total. The number of carbonyl (C=O) groups excluding carboxylic acids is 1. The molecule has 16 heavy (non-hydrogen) atoms. The summed E-state index contributed by atoms with van der Waals surface area (Å²) in [5.74, 6) is 0. The van der Waals surface area contributed by atoms with E-state index >= 15 is 0 Å². The van der Waals surface area contributed by atoms with Gasteiger partial charge in [0.1, 0.15) is 0 Å². The van der Waals surface area contributed by atoms with Crippen LogP contribution in [0.1, 0.15) is 51.9 Å². The van der Waals surface area contributed by atoms with Gasteiger partial charge < -0.3 is 9.80 Å². The number of urea groups is 1. The minimum absolute atomic E-state index is 0.300. The van der Waals surface area contributed by atoms with Crippen molar-refractivity contribution in [3.8, 4) is 0 Å². The first-order valence-corrected chi connectivity index (χ1v) is 6.84. The molecule has 0 aliphatic carbocycles. The summed E-state index contributed by atoms with van der Waals surface area (Å²) in [4.78, 5) is 16.5. The molecule has 1 unspecified atom stereocenters. The minimum Gasteiger partial charge on any atom is -0.325 e. The highest BCUT2D eigenvalue weighted by atomic mass is 16.2. The maximum Gasteiger partial charge on any atom is 0.320 e. The number of nitrogens with zero attached hydrogens (tertiary/aromatic N) is 2. The third-order valence-electron chi connectivity index (χ3n) is 3.93. The Morgan fingerprint density at radius 1 is 0.938 bits per heavy atom. The maximum atomic E-state index is 12.4. The molecule has 1 atom stereocenters. The molecule has 2 fully saturated rings. The van der Waals surface area contributed by atoms with Gasteiger partial charge in [-0.1, -0.05) is 12.8 Å². The van der Waals surface area contributed by atoms with Crippen LogP contribution < -0.4 is 0 Å². The van der Waals surface area contributed by atoms with E-state index in [0.29, 0.717) is 12.1 Å². The lowest BCUT2D eigenvalue weighted by molar-refractivity contribution is 0.122. The van der Waals surface area contributed by atoms with Crippen LogP contribution in [0.25, 0.3) is 0 Å². The van der Waals surface area contributed by atoms with E-state index in [9.17, 15) is 4.79 Å². The van der Waals surface area contributed by atoms with Gasteiger partial charge in [-0.3, -0.25) is 0 Å². The highest BCUT2D eigenvalue weighted by Gasteiger charge is 2.27. The summed E-state index contributed by atoms with van der Waals surface area (Å²) in [6.07, 6.45) is 8.61. The van der Waals surface area contributed by atoms with Gasteiger partial charge in [0.05, 0.1) is 0 Å². The fourth-order valence-corrected chi connectivity index (χ4v) is 2.83. The van der Waals surface area contributed by atoms with Gasteiger partial charge in [0.2, 0.25) is 0 Å². The average molecular weight is 224 g/mol. The van der Waals surface area contributed by atoms with Crippen molar-refractivity contribution >= 4 is 6.03 Å². The Kier molecular flexibility index (Phi) is 4.08. The van der Waals surface area contributed by atoms with Gasteiger partial charge in [0.25, 0.3) is 0 Å². The lowest BCUT2D eigenvalue weighted by Gasteiger charge is -2.37. The van der Waals surface area contributed by atoms with Crippen LogP contribution in [-0.2, 0) is 0 Å². The van der Waals surface area contributed by atoms with Crippen molar-refractivity contribution in [1.29, 1.82) is 0 Å². The molecule has 0 spiro atoms. The van der Waals surface area contributed by atoms with Crippen molar-refractivity contribution in [2.75, 3.05) is 19.6 Å². The Labute approximate surface area is 98.8 Å². The van der Waals surface area contributed by atoms with E-state index in [1.54, 1.807) is 0 Å². The molecule has 3 heteroatoms. The average Bonchev–Trinajstić information content (AvgIpc) is 2.57. The highest BCUT2D eigenvalue weighted by Crippen LogP contribution is 2.19. The number of likely N-dealkylation sites (tertiary alicyclic amines) is 2. The van der Waals surface area contributed by atoms with Gasteiger partial charge in [-0.15, -0.1) is 0 Å². The lowest BCUT2D eigenvalue weighted by Crippen LogP contribution is -2.49. The molecule has 2 amide bonds. The summed E-state index contributed by atoms with van der Waals surface area (Å²) in [5, 5.41) is 0. The second-order valence-corrected chi connectivity index (χ2v) is 5.22. The number of hydrogen-bond donors (Lipinski definition) is 0. The fraction of sp³-hybridized carbons (Fsp3) is 0.923. The molecule has 92 valence electrons. The predicted molar refractivity (Wildman–Crippen MR) is 65.5 cm³/mol. The van der Waals surface area contributed by atoms with E-state index in [2.05, 4.69) is 16.7 Å². The molecule has 0 N–H and O–H groups in total. The Morgan fingerprint density at radius 2 is 1.56 bits per heavy atom. The van der Waals surface area contributed by atoms with Crippen molar-refractivity contribution in [1.82, 2.24) is 9.80 Å². The quantitative estimate of drug-likeness (QED) is 0.620. The zero-order valence-corrected chi connectivity index (χ0v) is 10.5. The number of amides is 2. The second-order valence-electron chi connectivity index (χ2n) is 5.22. The Bertz CT molecular complexity index is 234. The summed E-state index contributed by atoms with van der Waals surface area (Å²) in [5.41, 5.74) is 0. The van der Waals surface area contributed by atoms with Crippen LogP contribution in [0.2, 0.25) is 0 Å². The number of hydrogen-bond acceptors (Lipinski definition) is 1. The zero-order valence-electron chi connectivity index (χ0n) is 10.5. The molecule has 2 aliphatic heterocycles. The second kappa shape index (κ2) is 5.55. The van der Waals surface area contributed by atoms with Crippen LogP contribution in [0.15, 0.2) is 0 Å². The monoisotopic (exact) mass is 224 g/mol. The number of rotatable bonds is 0. The molecule has 0 radical (unpaired) electrons. The van der Waals surface area contributed by atoms with E-state index in [1.165, 1.54) is 44.9 Å². The van der Waals surface area contributed by atoms with Crippen LogP contribution in [0.4, 0.5) is 4.79 Å². The largest absolute Gasteiger partial charge is 0.325 e. The smallest absolute Gasteiger partial charge is 0.320 e. The lowest BCUT2D eigenvalue weighted by atomic mass is 10.0. The van der Waals surface area contributed by atoms with Crippen LogP contribution in [0, 0.1) is 0 Å². The first-order valence-electron chi connectivity index (χ1n) is 6.84. The standard InChI is InChI=1S/C13H24N2O/c1-12-8-4-7-11-15(12)13(16)14-9-5-2-3-6-10-14/h12H,2-11H2,1H3. The van der Waals surface area contributed by atoms with Gasteiger partial charge in [-0.25, -0.2) is 4.79 Å². The summed E-state index contributed by atoms with van der Waals surface area (Å²) >= 11 is 0. The molecule has 0 aromatic carbocycles. The Balaban J connectivity index is 1.93. The van der Waals surface area contributed by atoms with E-state index in [0.717, 1.165) is 19.6 Å². The van der Waals surface area contributed by atoms with Crippen LogP contribution in [0.3, 0.4) is 0 Å². The summed E-state index contributed by atoms with van der Waals surface area (Å²) < 4.78 is 0. The van der Waals surface area contributed by atoms with Gasteiger partial charge in [0.15, 0.2) is 0 Å². The van der Waals surface area contributed by atoms with Crippen molar-refractivity contribution in [3.05, 3.63) is 0 Å². The van der Waals surface area contributed by atoms with E-state index in [-0.39, 0.29) is 0 Å². The van der Waals surface area contributed by atoms with Gasteiger partial charge in [-0.2, -0.15) is 0 Å². The van der Waals surface area contributed by atoms with Crippen molar-refractivity contribution in [2.24, 2.45) is 0 Å². The SMILES string of the molecule is CC1CCCCN1C(=O)N1CCCCCC1. The first-order chi connectivity index (χ1) is 7.79. The first kappa shape index (κ1) is 11.7. The molecule has 0 saturated carbocycles. The third kappa shape index (κ3) is 2.69. The molecular weight excluding hydrogens is 200 g/mol. The number of carbonyl (C=O) groups is 1. The molecular formula is C13H24N2O. The summed E-state index contributed by atoms with van der Waals surface area (Å²) in [7, 11) is 0. The van der Waals surface area contributed by atoms with E-state index < -0.39 is 0 Å². The third-order valence-corrected chi connectivity index (χ3v) is 3.93. The van der Waals surface area contributed by atoms with Crippen molar-refractivity contribution < 1.29 is 4.79 Å². The number of piperidine rings is 1. The summed E-state index contributed by atoms with van der Waals surface area (Å²) in [6, 6.07) is 0.749. The van der Waals surface area contributed by atoms with E-state index in [1.807, 2.05) is 0 Å². The fourth-order valence-electron chi connectivity index (χ4n) is 2.83. The molecule has 0 aromatic heterocycles. The molecule has 0 aromatic rings. The summed E-state index contributed by atoms with van der Waals surface area (Å²) in [6.45, 7) is 5.11. The molecule has 2 aliphatic rings. The molecule has 2 saturated heterocycles. The van der Waals surface area contributed by atoms with Crippen LogP contribution in [-0.4, -0.2) is 41.5 Å². The van der Waals surface area contributed by atoms with Crippen LogP contribution in [0.5, 0.6) is 0 Å². The van der Waals surface area contributed by atoms with Gasteiger partial charge in [-0.05, 0) is 39.0 Å². The van der Waals surface area contributed by atoms with Crippen molar-refractivity contribution in [2.45, 2.75) is 57.9 Å². The Hall–Kier alpha value is -0.730. The van der Waals surface area contributed by atoms with E-state index in [4.69, 9.17) is 0 Å². The van der Waals surface area contributed by atoms with Gasteiger partial charge >= 0.3 is 6.03 Å². The predicted octanol–water partition coefficient (Wildman–Crippen LogP) is 2.86. The molecule has 0 bridgehead atoms.